The standard InChI is InChI=1S/C15H20FN3/c1-10-5-2-3-6-11(10)9-19-13-8-4-7-12(16)14(13)18-15(19)17/h4,7-8,10-11H,2-3,5-6,9H2,1H3,(H2,17,18). The number of benzene rings is 1. The quantitative estimate of drug-likeness (QED) is 0.898. The van der Waals surface area contributed by atoms with E-state index in [-0.39, 0.29) is 5.82 Å². The molecule has 102 valence electrons. The molecule has 1 saturated carbocycles. The molecule has 0 bridgehead atoms. The predicted octanol–water partition coefficient (Wildman–Crippen LogP) is 3.58. The molecule has 19 heavy (non-hydrogen) atoms. The van der Waals surface area contributed by atoms with Crippen LogP contribution in [0.25, 0.3) is 11.0 Å². The average Bonchev–Trinajstić information content (AvgIpc) is 2.71. The molecular formula is C15H20FN3. The molecular weight excluding hydrogens is 241 g/mol. The highest BCUT2D eigenvalue weighted by Gasteiger charge is 2.23. The Labute approximate surface area is 112 Å². The van der Waals surface area contributed by atoms with Gasteiger partial charge in [-0.15, -0.1) is 0 Å². The van der Waals surface area contributed by atoms with Crippen LogP contribution in [0.3, 0.4) is 0 Å². The van der Waals surface area contributed by atoms with Gasteiger partial charge in [-0.1, -0.05) is 32.3 Å². The average molecular weight is 261 g/mol. The second-order valence-electron chi connectivity index (χ2n) is 5.71. The molecule has 0 saturated heterocycles. The summed E-state index contributed by atoms with van der Waals surface area (Å²) >= 11 is 0. The van der Waals surface area contributed by atoms with Gasteiger partial charge in [-0.05, 0) is 30.4 Å². The third-order valence-electron chi connectivity index (χ3n) is 4.47. The predicted molar refractivity (Wildman–Crippen MR) is 75.2 cm³/mol. The molecule has 4 heteroatoms. The Morgan fingerprint density at radius 2 is 2.16 bits per heavy atom. The summed E-state index contributed by atoms with van der Waals surface area (Å²) in [4.78, 5) is 4.17. The van der Waals surface area contributed by atoms with Gasteiger partial charge in [0, 0.05) is 6.54 Å². The normalized spacial score (nSPS) is 23.9. The molecule has 0 aliphatic heterocycles. The summed E-state index contributed by atoms with van der Waals surface area (Å²) in [5.41, 5.74) is 7.18. The molecule has 2 atom stereocenters. The second-order valence-corrected chi connectivity index (χ2v) is 5.71. The van der Waals surface area contributed by atoms with Gasteiger partial charge in [0.15, 0.2) is 5.82 Å². The summed E-state index contributed by atoms with van der Waals surface area (Å²) in [7, 11) is 0. The van der Waals surface area contributed by atoms with Crippen LogP contribution in [0.5, 0.6) is 0 Å². The smallest absolute Gasteiger partial charge is 0.201 e. The number of nitrogen functional groups attached to an aromatic ring is 1. The number of fused-ring (bicyclic) bond motifs is 1. The molecule has 1 aromatic heterocycles. The van der Waals surface area contributed by atoms with Crippen molar-refractivity contribution in [1.82, 2.24) is 9.55 Å². The highest BCUT2D eigenvalue weighted by molar-refractivity contribution is 5.78. The number of para-hydroxylation sites is 1. The van der Waals surface area contributed by atoms with Crippen LogP contribution in [-0.4, -0.2) is 9.55 Å². The Morgan fingerprint density at radius 1 is 1.37 bits per heavy atom. The number of hydrogen-bond donors (Lipinski definition) is 1. The summed E-state index contributed by atoms with van der Waals surface area (Å²) in [6.07, 6.45) is 5.13. The fourth-order valence-corrected chi connectivity index (χ4v) is 3.22. The topological polar surface area (TPSA) is 43.8 Å². The molecule has 1 aliphatic carbocycles. The summed E-state index contributed by atoms with van der Waals surface area (Å²) in [5.74, 6) is 1.47. The SMILES string of the molecule is CC1CCCCC1Cn1c(N)nc2c(F)cccc21. The van der Waals surface area contributed by atoms with Crippen molar-refractivity contribution in [2.75, 3.05) is 5.73 Å². The van der Waals surface area contributed by atoms with E-state index in [1.165, 1.54) is 31.7 Å². The van der Waals surface area contributed by atoms with Gasteiger partial charge in [0.1, 0.15) is 5.52 Å². The number of rotatable bonds is 2. The van der Waals surface area contributed by atoms with Crippen LogP contribution in [0.1, 0.15) is 32.6 Å². The van der Waals surface area contributed by atoms with E-state index in [1.807, 2.05) is 10.6 Å². The lowest BCUT2D eigenvalue weighted by atomic mass is 9.80. The number of nitrogens with two attached hydrogens (primary N) is 1. The van der Waals surface area contributed by atoms with Crippen molar-refractivity contribution in [1.29, 1.82) is 0 Å². The van der Waals surface area contributed by atoms with Gasteiger partial charge in [0.25, 0.3) is 0 Å². The molecule has 2 aromatic rings. The van der Waals surface area contributed by atoms with Gasteiger partial charge in [-0.3, -0.25) is 0 Å². The van der Waals surface area contributed by atoms with E-state index < -0.39 is 0 Å². The fourth-order valence-electron chi connectivity index (χ4n) is 3.22. The van der Waals surface area contributed by atoms with Crippen molar-refractivity contribution in [3.63, 3.8) is 0 Å². The molecule has 3 nitrogen and oxygen atoms in total. The fraction of sp³-hybridized carbons (Fsp3) is 0.533. The van der Waals surface area contributed by atoms with Crippen LogP contribution in [-0.2, 0) is 6.54 Å². The summed E-state index contributed by atoms with van der Waals surface area (Å²) in [6.45, 7) is 3.16. The van der Waals surface area contributed by atoms with Crippen molar-refractivity contribution >= 4 is 17.0 Å². The monoisotopic (exact) mass is 261 g/mol. The molecule has 0 radical (unpaired) electrons. The van der Waals surface area contributed by atoms with Gasteiger partial charge in [-0.25, -0.2) is 9.37 Å². The summed E-state index contributed by atoms with van der Waals surface area (Å²) in [6, 6.07) is 5.05. The van der Waals surface area contributed by atoms with E-state index in [0.29, 0.717) is 23.3 Å². The largest absolute Gasteiger partial charge is 0.369 e. The highest BCUT2D eigenvalue weighted by Crippen LogP contribution is 2.32. The molecule has 1 aliphatic rings. The molecule has 0 amide bonds. The van der Waals surface area contributed by atoms with Crippen LogP contribution >= 0.6 is 0 Å². The highest BCUT2D eigenvalue weighted by atomic mass is 19.1. The first-order chi connectivity index (χ1) is 9.16. The number of hydrogen-bond acceptors (Lipinski definition) is 2. The van der Waals surface area contributed by atoms with Gasteiger partial charge < -0.3 is 10.3 Å². The number of halogens is 1. The zero-order valence-electron chi connectivity index (χ0n) is 11.3. The number of aromatic nitrogens is 2. The Balaban J connectivity index is 1.96. The van der Waals surface area contributed by atoms with Gasteiger partial charge in [0.05, 0.1) is 5.52 Å². The Kier molecular flexibility index (Phi) is 3.17. The van der Waals surface area contributed by atoms with Gasteiger partial charge in [0.2, 0.25) is 5.95 Å². The van der Waals surface area contributed by atoms with E-state index in [2.05, 4.69) is 11.9 Å². The number of imidazole rings is 1. The van der Waals surface area contributed by atoms with Gasteiger partial charge >= 0.3 is 0 Å². The van der Waals surface area contributed by atoms with Crippen molar-refractivity contribution in [2.45, 2.75) is 39.2 Å². The number of nitrogens with zero attached hydrogens (tertiary/aromatic N) is 2. The summed E-state index contributed by atoms with van der Waals surface area (Å²) < 4.78 is 15.7. The zero-order valence-corrected chi connectivity index (χ0v) is 11.3. The molecule has 0 spiro atoms. The molecule has 2 N–H and O–H groups in total. The van der Waals surface area contributed by atoms with E-state index in [4.69, 9.17) is 5.73 Å². The minimum atomic E-state index is -0.292. The van der Waals surface area contributed by atoms with Crippen LogP contribution < -0.4 is 5.73 Å². The number of anilines is 1. The van der Waals surface area contributed by atoms with Crippen LogP contribution in [0.2, 0.25) is 0 Å². The van der Waals surface area contributed by atoms with Crippen LogP contribution in [0.4, 0.5) is 10.3 Å². The second kappa shape index (κ2) is 4.83. The third kappa shape index (κ3) is 2.20. The van der Waals surface area contributed by atoms with Crippen molar-refractivity contribution < 1.29 is 4.39 Å². The lowest BCUT2D eigenvalue weighted by Crippen LogP contribution is -2.22. The van der Waals surface area contributed by atoms with E-state index in [0.717, 1.165) is 12.1 Å². The molecule has 1 fully saturated rings. The van der Waals surface area contributed by atoms with E-state index in [9.17, 15) is 4.39 Å². The first-order valence-electron chi connectivity index (χ1n) is 7.07. The third-order valence-corrected chi connectivity index (χ3v) is 4.47. The van der Waals surface area contributed by atoms with Crippen LogP contribution in [0, 0.1) is 17.7 Å². The first-order valence-corrected chi connectivity index (χ1v) is 7.07. The Hall–Kier alpha value is -1.58. The molecule has 3 rings (SSSR count). The van der Waals surface area contributed by atoms with Crippen molar-refractivity contribution in [3.8, 4) is 0 Å². The first kappa shape index (κ1) is 12.5. The molecule has 2 unspecified atom stereocenters. The van der Waals surface area contributed by atoms with Crippen molar-refractivity contribution in [2.24, 2.45) is 11.8 Å². The van der Waals surface area contributed by atoms with Gasteiger partial charge in [-0.2, -0.15) is 0 Å². The Bertz CT molecular complexity index is 590. The minimum Gasteiger partial charge on any atom is -0.369 e. The zero-order chi connectivity index (χ0) is 13.4. The maximum Gasteiger partial charge on any atom is 0.201 e. The lowest BCUT2D eigenvalue weighted by Gasteiger charge is -2.29. The van der Waals surface area contributed by atoms with Crippen molar-refractivity contribution in [3.05, 3.63) is 24.0 Å². The molecule has 1 aromatic carbocycles. The maximum atomic E-state index is 13.7. The molecule has 1 heterocycles. The summed E-state index contributed by atoms with van der Waals surface area (Å²) in [5, 5.41) is 0. The Morgan fingerprint density at radius 3 is 2.95 bits per heavy atom. The van der Waals surface area contributed by atoms with Crippen LogP contribution in [0.15, 0.2) is 18.2 Å². The van der Waals surface area contributed by atoms with E-state index >= 15 is 0 Å². The maximum absolute atomic E-state index is 13.7. The lowest BCUT2D eigenvalue weighted by molar-refractivity contribution is 0.231. The van der Waals surface area contributed by atoms with E-state index in [1.54, 1.807) is 6.07 Å². The minimum absolute atomic E-state index is 0.292.